The number of amides is 1. The van der Waals surface area contributed by atoms with E-state index in [-0.39, 0.29) is 23.5 Å². The molecule has 7 nitrogen and oxygen atoms in total. The van der Waals surface area contributed by atoms with Crippen molar-refractivity contribution in [1.82, 2.24) is 4.57 Å². The maximum atomic E-state index is 13.1. The van der Waals surface area contributed by atoms with Gasteiger partial charge < -0.3 is 19.4 Å². The van der Waals surface area contributed by atoms with Crippen LogP contribution in [0.15, 0.2) is 70.7 Å². The second kappa shape index (κ2) is 7.63. The Hall–Kier alpha value is -3.26. The highest BCUT2D eigenvalue weighted by Crippen LogP contribution is 2.48. The van der Waals surface area contributed by atoms with E-state index < -0.39 is 5.92 Å². The van der Waals surface area contributed by atoms with Crippen molar-refractivity contribution in [3.8, 4) is 0 Å². The lowest BCUT2D eigenvalue weighted by molar-refractivity contribution is -0.137. The second-order valence-corrected chi connectivity index (χ2v) is 7.49. The summed E-state index contributed by atoms with van der Waals surface area (Å²) >= 11 is 1.17. The first-order chi connectivity index (χ1) is 14.0. The number of benzene rings is 1. The topological polar surface area (TPSA) is 93.4 Å². The van der Waals surface area contributed by atoms with E-state index in [1.165, 1.54) is 18.9 Å². The fraction of sp³-hybridized carbons (Fsp3) is 0.190. The number of carbonyl (C=O) groups is 2. The van der Waals surface area contributed by atoms with Gasteiger partial charge in [-0.15, -0.1) is 0 Å². The Bertz CT molecular complexity index is 1070. The SMILES string of the molecule is COC(=O)CSC1=C2C(=N)n3cccc3C2C(C(=O)Nc2ccccc2)=C(C)O1. The monoisotopic (exact) mass is 409 g/mol. The molecule has 0 bridgehead atoms. The third-order valence-corrected chi connectivity index (χ3v) is 5.76. The zero-order valence-electron chi connectivity index (χ0n) is 15.9. The zero-order chi connectivity index (χ0) is 20.5. The summed E-state index contributed by atoms with van der Waals surface area (Å²) in [5.41, 5.74) is 2.53. The van der Waals surface area contributed by atoms with Crippen LogP contribution in [-0.4, -0.2) is 35.1 Å². The molecule has 2 N–H and O–H groups in total. The van der Waals surface area contributed by atoms with Crippen molar-refractivity contribution in [2.45, 2.75) is 12.8 Å². The van der Waals surface area contributed by atoms with Crippen molar-refractivity contribution in [3.05, 3.63) is 76.4 Å². The molecule has 0 saturated carbocycles. The van der Waals surface area contributed by atoms with Gasteiger partial charge in [0.05, 0.1) is 29.9 Å². The van der Waals surface area contributed by atoms with Gasteiger partial charge in [0, 0.05) is 17.6 Å². The number of anilines is 1. The predicted molar refractivity (Wildman–Crippen MR) is 111 cm³/mol. The lowest BCUT2D eigenvalue weighted by Crippen LogP contribution is -2.25. The maximum Gasteiger partial charge on any atom is 0.316 e. The minimum absolute atomic E-state index is 0.0586. The molecule has 0 radical (unpaired) electrons. The van der Waals surface area contributed by atoms with Crippen LogP contribution in [0.25, 0.3) is 0 Å². The summed E-state index contributed by atoms with van der Waals surface area (Å²) in [6.45, 7) is 1.73. The number of hydrogen-bond donors (Lipinski definition) is 2. The van der Waals surface area contributed by atoms with Gasteiger partial charge in [-0.25, -0.2) is 0 Å². The molecule has 0 spiro atoms. The fourth-order valence-electron chi connectivity index (χ4n) is 3.51. The highest BCUT2D eigenvalue weighted by atomic mass is 32.2. The molecule has 8 heteroatoms. The number of nitrogens with zero attached hydrogens (tertiary/aromatic N) is 1. The molecular formula is C21H19N3O4S. The van der Waals surface area contributed by atoms with Crippen LogP contribution < -0.4 is 5.32 Å². The van der Waals surface area contributed by atoms with Crippen molar-refractivity contribution in [1.29, 1.82) is 5.41 Å². The summed E-state index contributed by atoms with van der Waals surface area (Å²) < 4.78 is 12.4. The smallest absolute Gasteiger partial charge is 0.316 e. The maximum absolute atomic E-state index is 13.1. The number of para-hydroxylation sites is 1. The lowest BCUT2D eigenvalue weighted by atomic mass is 9.87. The molecule has 0 aliphatic carbocycles. The number of hydrogen-bond acceptors (Lipinski definition) is 6. The number of esters is 1. The van der Waals surface area contributed by atoms with Crippen molar-refractivity contribution in [3.63, 3.8) is 0 Å². The summed E-state index contributed by atoms with van der Waals surface area (Å²) in [5.74, 6) is -0.363. The van der Waals surface area contributed by atoms with Gasteiger partial charge in [-0.05, 0) is 31.2 Å². The molecule has 1 aromatic heterocycles. The van der Waals surface area contributed by atoms with E-state index in [0.717, 1.165) is 5.69 Å². The van der Waals surface area contributed by atoms with Crippen LogP contribution in [0.1, 0.15) is 18.5 Å². The summed E-state index contributed by atoms with van der Waals surface area (Å²) in [5, 5.41) is 11.9. The number of aromatic nitrogens is 1. The van der Waals surface area contributed by atoms with Gasteiger partial charge in [0.2, 0.25) is 0 Å². The quantitative estimate of drug-likeness (QED) is 0.738. The molecule has 29 heavy (non-hydrogen) atoms. The van der Waals surface area contributed by atoms with Crippen molar-refractivity contribution < 1.29 is 19.1 Å². The molecule has 1 amide bonds. The largest absolute Gasteiger partial charge is 0.468 e. The number of fused-ring (bicyclic) bond motifs is 3. The molecule has 2 aromatic rings. The van der Waals surface area contributed by atoms with Crippen LogP contribution in [0, 0.1) is 5.41 Å². The average Bonchev–Trinajstić information content (AvgIpc) is 3.30. The first kappa shape index (κ1) is 19.1. The third kappa shape index (κ3) is 3.36. The Balaban J connectivity index is 1.72. The van der Waals surface area contributed by atoms with Gasteiger partial charge in [-0.2, -0.15) is 0 Å². The molecule has 2 aliphatic rings. The van der Waals surface area contributed by atoms with Crippen molar-refractivity contribution in [2.24, 2.45) is 0 Å². The van der Waals surface area contributed by atoms with Gasteiger partial charge in [0.1, 0.15) is 11.6 Å². The Kier molecular flexibility index (Phi) is 5.02. The number of ether oxygens (including phenoxy) is 2. The lowest BCUT2D eigenvalue weighted by Gasteiger charge is -2.26. The van der Waals surface area contributed by atoms with E-state index in [1.807, 2.05) is 42.5 Å². The molecule has 1 atom stereocenters. The average molecular weight is 409 g/mol. The van der Waals surface area contributed by atoms with Gasteiger partial charge in [0.25, 0.3) is 5.91 Å². The van der Waals surface area contributed by atoms with Crippen LogP contribution in [0.4, 0.5) is 5.69 Å². The Morgan fingerprint density at radius 1 is 1.24 bits per heavy atom. The molecular weight excluding hydrogens is 390 g/mol. The Morgan fingerprint density at radius 3 is 2.72 bits per heavy atom. The molecule has 1 unspecified atom stereocenters. The molecule has 2 aliphatic heterocycles. The summed E-state index contributed by atoms with van der Waals surface area (Å²) in [6.07, 6.45) is 1.79. The molecule has 0 saturated heterocycles. The summed E-state index contributed by atoms with van der Waals surface area (Å²) in [7, 11) is 1.33. The van der Waals surface area contributed by atoms with Crippen LogP contribution in [0.2, 0.25) is 0 Å². The van der Waals surface area contributed by atoms with Crippen molar-refractivity contribution in [2.75, 3.05) is 18.2 Å². The highest BCUT2D eigenvalue weighted by molar-refractivity contribution is 8.03. The van der Waals surface area contributed by atoms with Gasteiger partial charge in [-0.3, -0.25) is 15.0 Å². The van der Waals surface area contributed by atoms with Crippen LogP contribution in [0.3, 0.4) is 0 Å². The number of nitrogens with one attached hydrogen (secondary N) is 2. The second-order valence-electron chi connectivity index (χ2n) is 6.54. The number of thioether (sulfide) groups is 1. The Labute approximate surface area is 171 Å². The first-order valence-corrected chi connectivity index (χ1v) is 9.95. The molecule has 0 fully saturated rings. The highest BCUT2D eigenvalue weighted by Gasteiger charge is 2.44. The fourth-order valence-corrected chi connectivity index (χ4v) is 4.43. The molecule has 1 aromatic carbocycles. The zero-order valence-corrected chi connectivity index (χ0v) is 16.7. The van der Waals surface area contributed by atoms with Gasteiger partial charge >= 0.3 is 5.97 Å². The standard InChI is InChI=1S/C21H19N3O4S/c1-12-16(20(26)23-13-7-4-3-5-8-13)17-14-9-6-10-24(14)19(22)18(17)21(28-12)29-11-15(25)27-2/h3-10,17,22H,11H2,1-2H3,(H,23,26). The Morgan fingerprint density at radius 2 is 2.00 bits per heavy atom. The van der Waals surface area contributed by atoms with Crippen LogP contribution in [-0.2, 0) is 19.1 Å². The van der Waals surface area contributed by atoms with E-state index in [9.17, 15) is 9.59 Å². The third-order valence-electron chi connectivity index (χ3n) is 4.82. The van der Waals surface area contributed by atoms with Gasteiger partial charge in [-0.1, -0.05) is 30.0 Å². The van der Waals surface area contributed by atoms with Crippen molar-refractivity contribution >= 4 is 35.2 Å². The number of allylic oxidation sites excluding steroid dienone is 2. The molecule has 4 rings (SSSR count). The normalized spacial score (nSPS) is 17.6. The van der Waals surface area contributed by atoms with E-state index >= 15 is 0 Å². The van der Waals surface area contributed by atoms with Crippen LogP contribution in [0.5, 0.6) is 0 Å². The van der Waals surface area contributed by atoms with E-state index in [1.54, 1.807) is 17.7 Å². The minimum atomic E-state index is -0.435. The summed E-state index contributed by atoms with van der Waals surface area (Å²) in [4.78, 5) is 24.7. The van der Waals surface area contributed by atoms with E-state index in [0.29, 0.717) is 27.7 Å². The predicted octanol–water partition coefficient (Wildman–Crippen LogP) is 3.47. The minimum Gasteiger partial charge on any atom is -0.468 e. The molecule has 148 valence electrons. The van der Waals surface area contributed by atoms with E-state index in [4.69, 9.17) is 14.9 Å². The number of rotatable bonds is 5. The molecule has 3 heterocycles. The van der Waals surface area contributed by atoms with Crippen LogP contribution >= 0.6 is 11.8 Å². The number of carbonyl (C=O) groups excluding carboxylic acids is 2. The van der Waals surface area contributed by atoms with E-state index in [2.05, 4.69) is 5.32 Å². The summed E-state index contributed by atoms with van der Waals surface area (Å²) in [6, 6.07) is 12.9. The van der Waals surface area contributed by atoms with Gasteiger partial charge in [0.15, 0.2) is 5.09 Å². The number of methoxy groups -OCH3 is 1. The first-order valence-electron chi connectivity index (χ1n) is 8.96.